The Morgan fingerprint density at radius 1 is 1.27 bits per heavy atom. The summed E-state index contributed by atoms with van der Waals surface area (Å²) >= 11 is 0. The third-order valence-corrected chi connectivity index (χ3v) is 4.24. The largest absolute Gasteiger partial charge is 0.496 e. The first-order chi connectivity index (χ1) is 10.7. The average molecular weight is 299 g/mol. The van der Waals surface area contributed by atoms with Gasteiger partial charge in [0, 0.05) is 19.2 Å². The first-order valence-corrected chi connectivity index (χ1v) is 7.63. The van der Waals surface area contributed by atoms with Crippen molar-refractivity contribution in [2.24, 2.45) is 0 Å². The van der Waals surface area contributed by atoms with Crippen molar-refractivity contribution in [3.63, 3.8) is 0 Å². The molecule has 1 saturated heterocycles. The summed E-state index contributed by atoms with van der Waals surface area (Å²) in [6.07, 6.45) is 2.07. The monoisotopic (exact) mass is 299 g/mol. The van der Waals surface area contributed by atoms with Crippen molar-refractivity contribution in [2.75, 3.05) is 25.1 Å². The molecular formula is C17H21N3O2. The summed E-state index contributed by atoms with van der Waals surface area (Å²) in [5.74, 6) is 2.90. The van der Waals surface area contributed by atoms with E-state index in [1.807, 2.05) is 19.1 Å². The Bertz CT molecular complexity index is 703. The first kappa shape index (κ1) is 14.6. The zero-order valence-electron chi connectivity index (χ0n) is 13.0. The van der Waals surface area contributed by atoms with Crippen LogP contribution in [0.1, 0.15) is 30.1 Å². The van der Waals surface area contributed by atoms with Crippen molar-refractivity contribution in [1.82, 2.24) is 9.97 Å². The van der Waals surface area contributed by atoms with Gasteiger partial charge in [0.2, 0.25) is 0 Å². The number of anilines is 1. The zero-order chi connectivity index (χ0) is 15.5. The van der Waals surface area contributed by atoms with Crippen LogP contribution >= 0.6 is 0 Å². The third-order valence-electron chi connectivity index (χ3n) is 4.24. The van der Waals surface area contributed by atoms with E-state index in [1.165, 1.54) is 5.56 Å². The number of benzene rings is 1. The lowest BCUT2D eigenvalue weighted by Gasteiger charge is -2.33. The molecule has 1 aromatic heterocycles. The van der Waals surface area contributed by atoms with Crippen LogP contribution in [-0.4, -0.2) is 30.2 Å². The van der Waals surface area contributed by atoms with E-state index in [1.54, 1.807) is 13.2 Å². The molecule has 1 aliphatic rings. The molecule has 1 aliphatic heterocycles. The molecule has 2 heterocycles. The molecule has 0 unspecified atom stereocenters. The predicted octanol–water partition coefficient (Wildman–Crippen LogP) is 2.47. The molecule has 116 valence electrons. The van der Waals surface area contributed by atoms with Crippen molar-refractivity contribution < 1.29 is 4.74 Å². The van der Waals surface area contributed by atoms with Crippen LogP contribution < -0.4 is 15.2 Å². The summed E-state index contributed by atoms with van der Waals surface area (Å²) in [4.78, 5) is 20.9. The highest BCUT2D eigenvalue weighted by Crippen LogP contribution is 2.34. The van der Waals surface area contributed by atoms with Crippen LogP contribution in [0.4, 0.5) is 5.82 Å². The molecule has 2 aromatic rings. The summed E-state index contributed by atoms with van der Waals surface area (Å²) in [5, 5.41) is 0. The second kappa shape index (κ2) is 6.22. The van der Waals surface area contributed by atoms with E-state index < -0.39 is 0 Å². The normalized spacial score (nSPS) is 15.8. The molecule has 0 spiro atoms. The highest BCUT2D eigenvalue weighted by molar-refractivity contribution is 5.41. The smallest absolute Gasteiger partial charge is 0.252 e. The maximum Gasteiger partial charge on any atom is 0.252 e. The number of H-pyrrole nitrogens is 1. The van der Waals surface area contributed by atoms with Gasteiger partial charge in [0.15, 0.2) is 0 Å². The molecular weight excluding hydrogens is 278 g/mol. The van der Waals surface area contributed by atoms with Crippen LogP contribution in [-0.2, 0) is 0 Å². The molecule has 22 heavy (non-hydrogen) atoms. The summed E-state index contributed by atoms with van der Waals surface area (Å²) in [7, 11) is 1.72. The second-order valence-electron chi connectivity index (χ2n) is 5.69. The number of methoxy groups -OCH3 is 1. The Hall–Kier alpha value is -2.30. The first-order valence-electron chi connectivity index (χ1n) is 7.63. The molecule has 0 amide bonds. The number of ether oxygens (including phenoxy) is 1. The van der Waals surface area contributed by atoms with E-state index in [0.717, 1.165) is 37.5 Å². The van der Waals surface area contributed by atoms with Crippen LogP contribution in [0.25, 0.3) is 0 Å². The van der Waals surface area contributed by atoms with E-state index in [9.17, 15) is 4.79 Å². The van der Waals surface area contributed by atoms with E-state index in [4.69, 9.17) is 4.74 Å². The molecule has 5 nitrogen and oxygen atoms in total. The van der Waals surface area contributed by atoms with Gasteiger partial charge in [0.25, 0.3) is 5.56 Å². The SMILES string of the molecule is COc1ccccc1C1CCN(c2cc(=O)[nH]c(C)n2)CC1. The highest BCUT2D eigenvalue weighted by Gasteiger charge is 2.23. The van der Waals surface area contributed by atoms with E-state index in [0.29, 0.717) is 11.7 Å². The Morgan fingerprint density at radius 2 is 2.00 bits per heavy atom. The van der Waals surface area contributed by atoms with Gasteiger partial charge in [-0.05, 0) is 37.3 Å². The number of para-hydroxylation sites is 1. The number of rotatable bonds is 3. The van der Waals surface area contributed by atoms with Crippen molar-refractivity contribution in [1.29, 1.82) is 0 Å². The molecule has 1 aromatic carbocycles. The summed E-state index contributed by atoms with van der Waals surface area (Å²) < 4.78 is 5.47. The quantitative estimate of drug-likeness (QED) is 0.946. The molecule has 0 radical (unpaired) electrons. The van der Waals surface area contributed by atoms with Gasteiger partial charge < -0.3 is 14.6 Å². The number of piperidine rings is 1. The minimum absolute atomic E-state index is 0.0886. The third kappa shape index (κ3) is 2.98. The molecule has 0 bridgehead atoms. The molecule has 5 heteroatoms. The molecule has 0 aliphatic carbocycles. The maximum atomic E-state index is 11.6. The molecule has 1 fully saturated rings. The summed E-state index contributed by atoms with van der Waals surface area (Å²) in [6.45, 7) is 3.61. The van der Waals surface area contributed by atoms with Gasteiger partial charge in [0.05, 0.1) is 7.11 Å². The number of nitrogens with zero attached hydrogens (tertiary/aromatic N) is 2. The molecule has 1 N–H and O–H groups in total. The van der Waals surface area contributed by atoms with E-state index in [2.05, 4.69) is 27.0 Å². The van der Waals surface area contributed by atoms with Gasteiger partial charge in [-0.3, -0.25) is 4.79 Å². The lowest BCUT2D eigenvalue weighted by atomic mass is 9.89. The Kier molecular flexibility index (Phi) is 4.13. The van der Waals surface area contributed by atoms with Crippen molar-refractivity contribution >= 4 is 5.82 Å². The average Bonchev–Trinajstić information content (AvgIpc) is 2.54. The molecule has 3 rings (SSSR count). The van der Waals surface area contributed by atoms with Crippen LogP contribution in [0.2, 0.25) is 0 Å². The summed E-state index contributed by atoms with van der Waals surface area (Å²) in [5.41, 5.74) is 1.19. The van der Waals surface area contributed by atoms with Crippen molar-refractivity contribution in [2.45, 2.75) is 25.7 Å². The predicted molar refractivity (Wildman–Crippen MR) is 86.8 cm³/mol. The van der Waals surface area contributed by atoms with Crippen LogP contribution in [0.5, 0.6) is 5.75 Å². The fraction of sp³-hybridized carbons (Fsp3) is 0.412. The number of aryl methyl sites for hydroxylation is 1. The van der Waals surface area contributed by atoms with Gasteiger partial charge in [-0.15, -0.1) is 0 Å². The fourth-order valence-electron chi connectivity index (χ4n) is 3.15. The zero-order valence-corrected chi connectivity index (χ0v) is 13.0. The Morgan fingerprint density at radius 3 is 2.68 bits per heavy atom. The standard InChI is InChI=1S/C17H21N3O2/c1-12-18-16(11-17(21)19-12)20-9-7-13(8-10-20)14-5-3-4-6-15(14)22-2/h3-6,11,13H,7-10H2,1-2H3,(H,18,19,21). The number of hydrogen-bond donors (Lipinski definition) is 1. The second-order valence-corrected chi connectivity index (χ2v) is 5.69. The van der Waals surface area contributed by atoms with Crippen molar-refractivity contribution in [3.05, 3.63) is 52.1 Å². The fourth-order valence-corrected chi connectivity index (χ4v) is 3.15. The topological polar surface area (TPSA) is 58.2 Å². The van der Waals surface area contributed by atoms with Gasteiger partial charge >= 0.3 is 0 Å². The molecule has 0 atom stereocenters. The minimum atomic E-state index is -0.0886. The molecule has 0 saturated carbocycles. The lowest BCUT2D eigenvalue weighted by Crippen LogP contribution is -2.34. The van der Waals surface area contributed by atoms with Crippen LogP contribution in [0.3, 0.4) is 0 Å². The number of nitrogens with one attached hydrogen (secondary N) is 1. The number of hydrogen-bond acceptors (Lipinski definition) is 4. The van der Waals surface area contributed by atoms with Crippen LogP contribution in [0.15, 0.2) is 35.1 Å². The van der Waals surface area contributed by atoms with E-state index >= 15 is 0 Å². The van der Waals surface area contributed by atoms with Gasteiger partial charge in [-0.1, -0.05) is 18.2 Å². The van der Waals surface area contributed by atoms with Crippen LogP contribution in [0, 0.1) is 6.92 Å². The maximum absolute atomic E-state index is 11.6. The number of aromatic nitrogens is 2. The van der Waals surface area contributed by atoms with Gasteiger partial charge in [-0.25, -0.2) is 4.98 Å². The Balaban J connectivity index is 1.73. The summed E-state index contributed by atoms with van der Waals surface area (Å²) in [6, 6.07) is 9.81. The minimum Gasteiger partial charge on any atom is -0.496 e. The lowest BCUT2D eigenvalue weighted by molar-refractivity contribution is 0.397. The number of aromatic amines is 1. The van der Waals surface area contributed by atoms with Gasteiger partial charge in [-0.2, -0.15) is 0 Å². The van der Waals surface area contributed by atoms with Gasteiger partial charge in [0.1, 0.15) is 17.4 Å². The highest BCUT2D eigenvalue weighted by atomic mass is 16.5. The Labute approximate surface area is 130 Å². The van der Waals surface area contributed by atoms with Crippen molar-refractivity contribution in [3.8, 4) is 5.75 Å². The van der Waals surface area contributed by atoms with E-state index in [-0.39, 0.29) is 5.56 Å².